The number of halogens is 1. The molecule has 5 nitrogen and oxygen atoms in total. The summed E-state index contributed by atoms with van der Waals surface area (Å²) in [5.41, 5.74) is 3.59. The SMILES string of the molecule is COc1cc(/C=C2\SC(Nc3cc(Cl)ccc3C)NC2=O)ccc1OCc1ccccc1. The van der Waals surface area contributed by atoms with E-state index in [-0.39, 0.29) is 11.4 Å². The summed E-state index contributed by atoms with van der Waals surface area (Å²) in [4.78, 5) is 13.1. The number of carbonyl (C=O) groups excluding carboxylic acids is 1. The molecule has 2 N–H and O–H groups in total. The van der Waals surface area contributed by atoms with E-state index in [1.165, 1.54) is 11.8 Å². The summed E-state index contributed by atoms with van der Waals surface area (Å²) in [5, 5.41) is 6.91. The Hall–Kier alpha value is -3.09. The maximum Gasteiger partial charge on any atom is 0.260 e. The van der Waals surface area contributed by atoms with Crippen molar-refractivity contribution in [3.05, 3.63) is 93.3 Å². The van der Waals surface area contributed by atoms with Gasteiger partial charge in [-0.2, -0.15) is 0 Å². The molecule has 1 atom stereocenters. The molecule has 1 saturated heterocycles. The Bertz CT molecular complexity index is 1150. The van der Waals surface area contributed by atoms with Crippen LogP contribution >= 0.6 is 23.4 Å². The highest BCUT2D eigenvalue weighted by atomic mass is 35.5. The van der Waals surface area contributed by atoms with Gasteiger partial charge in [-0.3, -0.25) is 4.79 Å². The molecule has 1 amide bonds. The number of methoxy groups -OCH3 is 1. The molecule has 32 heavy (non-hydrogen) atoms. The molecule has 1 aliphatic heterocycles. The minimum absolute atomic E-state index is 0.129. The van der Waals surface area contributed by atoms with Crippen LogP contribution in [0.1, 0.15) is 16.7 Å². The number of rotatable bonds is 7. The third-order valence-electron chi connectivity index (χ3n) is 4.94. The zero-order valence-corrected chi connectivity index (χ0v) is 19.3. The van der Waals surface area contributed by atoms with Gasteiger partial charge in [0, 0.05) is 10.7 Å². The molecule has 0 aliphatic carbocycles. The van der Waals surface area contributed by atoms with Crippen molar-refractivity contribution in [2.75, 3.05) is 12.4 Å². The normalized spacial score (nSPS) is 16.7. The molecule has 1 heterocycles. The molecule has 1 fully saturated rings. The number of nitrogens with one attached hydrogen (secondary N) is 2. The van der Waals surface area contributed by atoms with Crippen LogP contribution in [0.15, 0.2) is 71.6 Å². The molecule has 0 spiro atoms. The molecule has 0 bridgehead atoms. The average Bonchev–Trinajstić information content (AvgIpc) is 3.14. The smallest absolute Gasteiger partial charge is 0.260 e. The van der Waals surface area contributed by atoms with E-state index in [4.69, 9.17) is 21.1 Å². The highest BCUT2D eigenvalue weighted by molar-refractivity contribution is 8.05. The van der Waals surface area contributed by atoms with Gasteiger partial charge in [0.25, 0.3) is 5.91 Å². The third-order valence-corrected chi connectivity index (χ3v) is 6.20. The van der Waals surface area contributed by atoms with Gasteiger partial charge in [0.1, 0.15) is 6.61 Å². The number of benzene rings is 3. The summed E-state index contributed by atoms with van der Waals surface area (Å²) in [6.45, 7) is 2.44. The van der Waals surface area contributed by atoms with Gasteiger partial charge in [-0.1, -0.05) is 65.8 Å². The van der Waals surface area contributed by atoms with E-state index in [1.807, 2.05) is 79.7 Å². The number of carbonyl (C=O) groups is 1. The molecule has 4 rings (SSSR count). The van der Waals surface area contributed by atoms with Crippen LogP contribution in [0.4, 0.5) is 5.69 Å². The zero-order valence-electron chi connectivity index (χ0n) is 17.7. The topological polar surface area (TPSA) is 59.6 Å². The van der Waals surface area contributed by atoms with E-state index >= 15 is 0 Å². The Morgan fingerprint density at radius 2 is 1.91 bits per heavy atom. The molecule has 3 aromatic carbocycles. The van der Waals surface area contributed by atoms with Gasteiger partial charge in [0.2, 0.25) is 0 Å². The van der Waals surface area contributed by atoms with Crippen LogP contribution in [0, 0.1) is 6.92 Å². The van der Waals surface area contributed by atoms with E-state index < -0.39 is 0 Å². The molecule has 0 saturated carbocycles. The first-order valence-corrected chi connectivity index (χ1v) is 11.3. The fraction of sp³-hybridized carbons (Fsp3) is 0.160. The van der Waals surface area contributed by atoms with Crippen LogP contribution in [0.25, 0.3) is 6.08 Å². The van der Waals surface area contributed by atoms with E-state index in [9.17, 15) is 4.79 Å². The number of thioether (sulfide) groups is 1. The van der Waals surface area contributed by atoms with Crippen molar-refractivity contribution in [2.24, 2.45) is 0 Å². The van der Waals surface area contributed by atoms with Crippen molar-refractivity contribution in [2.45, 2.75) is 19.0 Å². The fourth-order valence-electron chi connectivity index (χ4n) is 3.24. The standard InChI is InChI=1S/C25H23ClN2O3S/c1-16-8-10-19(26)14-20(16)27-25-28-24(29)23(32-25)13-18-9-11-21(22(12-18)30-2)31-15-17-6-4-3-5-7-17/h3-14,25,27H,15H2,1-2H3,(H,28,29)/b23-13-. The summed E-state index contributed by atoms with van der Waals surface area (Å²) in [7, 11) is 1.60. The van der Waals surface area contributed by atoms with Gasteiger partial charge in [-0.15, -0.1) is 0 Å². The van der Waals surface area contributed by atoms with E-state index in [2.05, 4.69) is 10.6 Å². The highest BCUT2D eigenvalue weighted by Gasteiger charge is 2.27. The van der Waals surface area contributed by atoms with Crippen LogP contribution in [-0.4, -0.2) is 18.5 Å². The predicted octanol–water partition coefficient (Wildman–Crippen LogP) is 5.84. The van der Waals surface area contributed by atoms with Crippen LogP contribution in [-0.2, 0) is 11.4 Å². The van der Waals surface area contributed by atoms with Crippen molar-refractivity contribution in [3.8, 4) is 11.5 Å². The second-order valence-electron chi connectivity index (χ2n) is 7.27. The summed E-state index contributed by atoms with van der Waals surface area (Å²) in [5.74, 6) is 1.14. The summed E-state index contributed by atoms with van der Waals surface area (Å²) in [6.07, 6.45) is 1.84. The second kappa shape index (κ2) is 10.0. The summed E-state index contributed by atoms with van der Waals surface area (Å²) < 4.78 is 11.4. The van der Waals surface area contributed by atoms with Crippen LogP contribution in [0.2, 0.25) is 5.02 Å². The van der Waals surface area contributed by atoms with Crippen molar-refractivity contribution in [1.29, 1.82) is 0 Å². The van der Waals surface area contributed by atoms with Gasteiger partial charge in [0.05, 0.1) is 12.0 Å². The van der Waals surface area contributed by atoms with Crippen molar-refractivity contribution < 1.29 is 14.3 Å². The van der Waals surface area contributed by atoms with Crippen molar-refractivity contribution in [1.82, 2.24) is 5.32 Å². The minimum atomic E-state index is -0.277. The summed E-state index contributed by atoms with van der Waals surface area (Å²) >= 11 is 7.52. The first kappa shape index (κ1) is 22.1. The average molecular weight is 467 g/mol. The molecule has 1 aliphatic rings. The van der Waals surface area contributed by atoms with E-state index in [0.717, 1.165) is 22.4 Å². The van der Waals surface area contributed by atoms with Crippen molar-refractivity contribution in [3.63, 3.8) is 0 Å². The van der Waals surface area contributed by atoms with Crippen LogP contribution < -0.4 is 20.1 Å². The lowest BCUT2D eigenvalue weighted by Crippen LogP contribution is -2.31. The molecular weight excluding hydrogens is 444 g/mol. The number of ether oxygens (including phenoxy) is 2. The molecule has 7 heteroatoms. The molecule has 0 aromatic heterocycles. The van der Waals surface area contributed by atoms with Gasteiger partial charge < -0.3 is 20.1 Å². The maximum absolute atomic E-state index is 12.5. The molecular formula is C25H23ClN2O3S. The molecule has 3 aromatic rings. The Morgan fingerprint density at radius 3 is 2.69 bits per heavy atom. The quantitative estimate of drug-likeness (QED) is 0.428. The van der Waals surface area contributed by atoms with Gasteiger partial charge in [-0.25, -0.2) is 0 Å². The summed E-state index contributed by atoms with van der Waals surface area (Å²) in [6, 6.07) is 21.2. The number of hydrogen-bond donors (Lipinski definition) is 2. The Labute approximate surface area is 196 Å². The van der Waals surface area contributed by atoms with E-state index in [0.29, 0.717) is 28.0 Å². The lowest BCUT2D eigenvalue weighted by molar-refractivity contribution is -0.116. The first-order chi connectivity index (χ1) is 15.5. The second-order valence-corrected chi connectivity index (χ2v) is 8.85. The van der Waals surface area contributed by atoms with Gasteiger partial charge in [-0.05, 0) is 54.0 Å². The number of amides is 1. The number of hydrogen-bond acceptors (Lipinski definition) is 5. The molecule has 1 unspecified atom stereocenters. The monoisotopic (exact) mass is 466 g/mol. The Morgan fingerprint density at radius 1 is 1.09 bits per heavy atom. The van der Waals surface area contributed by atoms with Gasteiger partial charge in [0.15, 0.2) is 17.0 Å². The van der Waals surface area contributed by atoms with Gasteiger partial charge >= 0.3 is 0 Å². The number of aryl methyl sites for hydroxylation is 1. The zero-order chi connectivity index (χ0) is 22.5. The lowest BCUT2D eigenvalue weighted by Gasteiger charge is -2.15. The lowest BCUT2D eigenvalue weighted by atomic mass is 10.2. The fourth-order valence-corrected chi connectivity index (χ4v) is 4.38. The Balaban J connectivity index is 1.45. The highest BCUT2D eigenvalue weighted by Crippen LogP contribution is 2.34. The first-order valence-electron chi connectivity index (χ1n) is 10.1. The third kappa shape index (κ3) is 5.39. The van der Waals surface area contributed by atoms with E-state index in [1.54, 1.807) is 7.11 Å². The molecule has 164 valence electrons. The van der Waals surface area contributed by atoms with Crippen molar-refractivity contribution >= 4 is 41.0 Å². The van der Waals surface area contributed by atoms with Crippen LogP contribution in [0.5, 0.6) is 11.5 Å². The Kier molecular flexibility index (Phi) is 6.93. The molecule has 0 radical (unpaired) electrons. The largest absolute Gasteiger partial charge is 0.493 e. The van der Waals surface area contributed by atoms with Crippen LogP contribution in [0.3, 0.4) is 0 Å². The maximum atomic E-state index is 12.5. The number of anilines is 1. The minimum Gasteiger partial charge on any atom is -0.493 e. The predicted molar refractivity (Wildman–Crippen MR) is 131 cm³/mol.